The number of aromatic nitrogens is 2. The van der Waals surface area contributed by atoms with Crippen LogP contribution in [0.1, 0.15) is 51.8 Å². The Morgan fingerprint density at radius 2 is 2.21 bits per heavy atom. The van der Waals surface area contributed by atoms with Gasteiger partial charge in [0.25, 0.3) is 0 Å². The molecule has 5 nitrogen and oxygen atoms in total. The van der Waals surface area contributed by atoms with Crippen molar-refractivity contribution in [3.63, 3.8) is 0 Å². The van der Waals surface area contributed by atoms with E-state index in [1.54, 1.807) is 6.07 Å². The van der Waals surface area contributed by atoms with Gasteiger partial charge in [-0.25, -0.2) is 10.8 Å². The Labute approximate surface area is 114 Å². The summed E-state index contributed by atoms with van der Waals surface area (Å²) in [7, 11) is 0. The Hall–Kier alpha value is -1.36. The zero-order valence-electron chi connectivity index (χ0n) is 11.9. The second kappa shape index (κ2) is 6.70. The van der Waals surface area contributed by atoms with Gasteiger partial charge in [-0.2, -0.15) is 4.98 Å². The summed E-state index contributed by atoms with van der Waals surface area (Å²) in [6.07, 6.45) is 7.12. The first-order valence-electron chi connectivity index (χ1n) is 7.26. The Balaban J connectivity index is 2.05. The number of nitrogens with one attached hydrogen (secondary N) is 1. The molecule has 0 spiro atoms. The Bertz CT molecular complexity index is 388. The molecule has 1 aliphatic rings. The number of nitrogen functional groups attached to an aromatic ring is 1. The van der Waals surface area contributed by atoms with Crippen molar-refractivity contribution in [2.75, 3.05) is 5.43 Å². The van der Waals surface area contributed by atoms with Crippen molar-refractivity contribution in [1.29, 1.82) is 0 Å². The van der Waals surface area contributed by atoms with Gasteiger partial charge in [-0.3, -0.25) is 0 Å². The van der Waals surface area contributed by atoms with Gasteiger partial charge in [0.15, 0.2) is 0 Å². The van der Waals surface area contributed by atoms with Crippen molar-refractivity contribution < 1.29 is 4.74 Å². The highest BCUT2D eigenvalue weighted by Crippen LogP contribution is 2.29. The fraction of sp³-hybridized carbons (Fsp3) is 0.714. The molecule has 1 heterocycles. The zero-order valence-corrected chi connectivity index (χ0v) is 11.9. The first kappa shape index (κ1) is 14.1. The van der Waals surface area contributed by atoms with E-state index < -0.39 is 0 Å². The molecule has 0 bridgehead atoms. The molecule has 0 saturated heterocycles. The molecular weight excluding hydrogens is 240 g/mol. The minimum Gasteiger partial charge on any atom is -0.474 e. The summed E-state index contributed by atoms with van der Waals surface area (Å²) in [5.41, 5.74) is 2.57. The van der Waals surface area contributed by atoms with Gasteiger partial charge in [-0.15, -0.1) is 0 Å². The molecular formula is C14H24N4O. The number of hydrogen-bond acceptors (Lipinski definition) is 5. The minimum atomic E-state index is 0.281. The number of nitrogens with two attached hydrogens (primary N) is 1. The van der Waals surface area contributed by atoms with E-state index in [0.29, 0.717) is 11.7 Å². The number of nitrogens with zero attached hydrogens (tertiary/aromatic N) is 2. The van der Waals surface area contributed by atoms with E-state index >= 15 is 0 Å². The van der Waals surface area contributed by atoms with Crippen molar-refractivity contribution >= 4 is 5.82 Å². The van der Waals surface area contributed by atoms with E-state index in [-0.39, 0.29) is 6.10 Å². The van der Waals surface area contributed by atoms with E-state index in [4.69, 9.17) is 10.6 Å². The highest BCUT2D eigenvalue weighted by molar-refractivity contribution is 5.37. The molecule has 5 heteroatoms. The van der Waals surface area contributed by atoms with Crippen LogP contribution in [0.4, 0.5) is 5.82 Å². The summed E-state index contributed by atoms with van der Waals surface area (Å²) >= 11 is 0. The average Bonchev–Trinajstić information content (AvgIpc) is 2.47. The normalized spacial score (nSPS) is 23.1. The van der Waals surface area contributed by atoms with E-state index in [0.717, 1.165) is 31.0 Å². The number of hydrogen-bond donors (Lipinski definition) is 2. The van der Waals surface area contributed by atoms with Crippen LogP contribution in [0, 0.1) is 5.92 Å². The smallest absolute Gasteiger partial charge is 0.219 e. The second-order valence-corrected chi connectivity index (χ2v) is 5.19. The Kier molecular flexibility index (Phi) is 4.96. The van der Waals surface area contributed by atoms with Crippen molar-refractivity contribution in [3.05, 3.63) is 11.9 Å². The van der Waals surface area contributed by atoms with Crippen LogP contribution in [0.25, 0.3) is 0 Å². The fourth-order valence-corrected chi connectivity index (χ4v) is 2.66. The standard InChI is InChI=1S/C14H24N4O/c1-3-10-6-5-7-11(8-10)19-14-9-13(18-15)16-12(4-2)17-14/h9-11H,3-8,15H2,1-2H3,(H,16,17,18). The number of hydrazine groups is 1. The molecule has 19 heavy (non-hydrogen) atoms. The van der Waals surface area contributed by atoms with Gasteiger partial charge in [0.2, 0.25) is 5.88 Å². The number of aryl methyl sites for hydroxylation is 1. The molecule has 0 aliphatic heterocycles. The molecule has 106 valence electrons. The van der Waals surface area contributed by atoms with Crippen LogP contribution in [0.15, 0.2) is 6.07 Å². The summed E-state index contributed by atoms with van der Waals surface area (Å²) in [6, 6.07) is 1.77. The van der Waals surface area contributed by atoms with E-state index in [1.165, 1.54) is 19.3 Å². The van der Waals surface area contributed by atoms with Crippen molar-refractivity contribution in [2.45, 2.75) is 58.5 Å². The molecule has 1 fully saturated rings. The summed E-state index contributed by atoms with van der Waals surface area (Å²) in [6.45, 7) is 4.27. The van der Waals surface area contributed by atoms with Gasteiger partial charge >= 0.3 is 0 Å². The van der Waals surface area contributed by atoms with Gasteiger partial charge in [0.1, 0.15) is 17.7 Å². The molecule has 1 aromatic rings. The van der Waals surface area contributed by atoms with Gasteiger partial charge in [0, 0.05) is 12.5 Å². The van der Waals surface area contributed by atoms with E-state index in [9.17, 15) is 0 Å². The van der Waals surface area contributed by atoms with Gasteiger partial charge in [-0.1, -0.05) is 26.7 Å². The molecule has 2 unspecified atom stereocenters. The molecule has 2 atom stereocenters. The summed E-state index contributed by atoms with van der Waals surface area (Å²) < 4.78 is 6.03. The molecule has 2 rings (SSSR count). The Morgan fingerprint density at radius 1 is 1.37 bits per heavy atom. The number of anilines is 1. The third-order valence-corrected chi connectivity index (χ3v) is 3.81. The van der Waals surface area contributed by atoms with Crippen LogP contribution < -0.4 is 16.0 Å². The van der Waals surface area contributed by atoms with Gasteiger partial charge < -0.3 is 10.2 Å². The van der Waals surface area contributed by atoms with Crippen LogP contribution in [0.2, 0.25) is 0 Å². The van der Waals surface area contributed by atoms with Crippen LogP contribution in [0.5, 0.6) is 5.88 Å². The van der Waals surface area contributed by atoms with Crippen LogP contribution >= 0.6 is 0 Å². The topological polar surface area (TPSA) is 73.1 Å². The largest absolute Gasteiger partial charge is 0.474 e. The molecule has 1 saturated carbocycles. The average molecular weight is 264 g/mol. The minimum absolute atomic E-state index is 0.281. The lowest BCUT2D eigenvalue weighted by molar-refractivity contribution is 0.117. The van der Waals surface area contributed by atoms with Crippen molar-refractivity contribution in [1.82, 2.24) is 9.97 Å². The van der Waals surface area contributed by atoms with Crippen LogP contribution in [0.3, 0.4) is 0 Å². The van der Waals surface area contributed by atoms with Crippen LogP contribution in [-0.2, 0) is 6.42 Å². The maximum atomic E-state index is 6.03. The quantitative estimate of drug-likeness (QED) is 0.632. The van der Waals surface area contributed by atoms with Crippen molar-refractivity contribution in [3.8, 4) is 5.88 Å². The first-order chi connectivity index (χ1) is 9.25. The van der Waals surface area contributed by atoms with Gasteiger partial charge in [-0.05, 0) is 25.2 Å². The predicted molar refractivity (Wildman–Crippen MR) is 75.9 cm³/mol. The van der Waals surface area contributed by atoms with Crippen LogP contribution in [-0.4, -0.2) is 16.1 Å². The maximum Gasteiger partial charge on any atom is 0.219 e. The lowest BCUT2D eigenvalue weighted by atomic mass is 9.85. The zero-order chi connectivity index (χ0) is 13.7. The third kappa shape index (κ3) is 3.80. The summed E-state index contributed by atoms with van der Waals surface area (Å²) in [5.74, 6) is 8.23. The molecule has 0 amide bonds. The SMILES string of the molecule is CCc1nc(NN)cc(OC2CCCC(CC)C2)n1. The summed E-state index contributed by atoms with van der Waals surface area (Å²) in [5, 5.41) is 0. The third-order valence-electron chi connectivity index (χ3n) is 3.81. The Morgan fingerprint density at radius 3 is 2.89 bits per heavy atom. The fourth-order valence-electron chi connectivity index (χ4n) is 2.66. The predicted octanol–water partition coefficient (Wildman–Crippen LogP) is 2.67. The number of rotatable bonds is 5. The number of ether oxygens (including phenoxy) is 1. The lowest BCUT2D eigenvalue weighted by Crippen LogP contribution is -2.25. The second-order valence-electron chi connectivity index (χ2n) is 5.19. The first-order valence-corrected chi connectivity index (χ1v) is 7.26. The maximum absolute atomic E-state index is 6.03. The highest BCUT2D eigenvalue weighted by atomic mass is 16.5. The lowest BCUT2D eigenvalue weighted by Gasteiger charge is -2.28. The molecule has 3 N–H and O–H groups in total. The van der Waals surface area contributed by atoms with E-state index in [2.05, 4.69) is 22.3 Å². The molecule has 1 aliphatic carbocycles. The van der Waals surface area contributed by atoms with Crippen molar-refractivity contribution in [2.24, 2.45) is 11.8 Å². The van der Waals surface area contributed by atoms with Gasteiger partial charge in [0.05, 0.1) is 0 Å². The monoisotopic (exact) mass is 264 g/mol. The molecule has 1 aromatic heterocycles. The molecule has 0 radical (unpaired) electrons. The summed E-state index contributed by atoms with van der Waals surface area (Å²) in [4.78, 5) is 8.68. The van der Waals surface area contributed by atoms with E-state index in [1.807, 2.05) is 6.92 Å². The molecule has 0 aromatic carbocycles. The highest BCUT2D eigenvalue weighted by Gasteiger charge is 2.22.